The van der Waals surface area contributed by atoms with Crippen molar-refractivity contribution in [1.82, 2.24) is 4.72 Å². The Labute approximate surface area is 135 Å². The summed E-state index contributed by atoms with van der Waals surface area (Å²) in [4.78, 5) is 11.3. The molecule has 0 saturated heterocycles. The van der Waals surface area contributed by atoms with Gasteiger partial charge in [0.2, 0.25) is 0 Å². The highest BCUT2D eigenvalue weighted by atomic mass is 32.2. The van der Waals surface area contributed by atoms with Crippen LogP contribution in [0.2, 0.25) is 0 Å². The van der Waals surface area contributed by atoms with Crippen LogP contribution in [0.25, 0.3) is 0 Å². The zero-order chi connectivity index (χ0) is 16.9. The maximum absolute atomic E-state index is 12.1. The summed E-state index contributed by atoms with van der Waals surface area (Å²) in [5.74, 6) is -1.01. The van der Waals surface area contributed by atoms with Gasteiger partial charge in [-0.1, -0.05) is 42.0 Å². The average Bonchev–Trinajstić information content (AvgIpc) is 2.52. The maximum atomic E-state index is 12.1. The van der Waals surface area contributed by atoms with Gasteiger partial charge < -0.3 is 5.11 Å². The second-order valence-electron chi connectivity index (χ2n) is 5.00. The van der Waals surface area contributed by atoms with E-state index in [-0.39, 0.29) is 10.5 Å². The molecule has 0 aromatic heterocycles. The first kappa shape index (κ1) is 16.8. The number of aromatic carboxylic acids is 1. The van der Waals surface area contributed by atoms with Crippen LogP contribution < -0.4 is 4.72 Å². The van der Waals surface area contributed by atoms with Crippen molar-refractivity contribution < 1.29 is 18.3 Å². The number of nitrogens with one attached hydrogen (secondary N) is 1. The number of allylic oxidation sites excluding steroid dienone is 1. The van der Waals surface area contributed by atoms with Crippen LogP contribution in [0.1, 0.15) is 21.5 Å². The number of aryl methyl sites for hydroxylation is 1. The normalized spacial score (nSPS) is 11.5. The van der Waals surface area contributed by atoms with Gasteiger partial charge in [-0.15, -0.1) is 0 Å². The molecule has 2 aromatic carbocycles. The highest BCUT2D eigenvalue weighted by Gasteiger charge is 2.11. The second kappa shape index (κ2) is 7.11. The van der Waals surface area contributed by atoms with Gasteiger partial charge in [-0.05, 0) is 37.1 Å². The first-order chi connectivity index (χ1) is 10.9. The standard InChI is InChI=1S/C17H17NO4S/c1-13-8-10-15(11-9-13)23(21,22)18-12-4-6-14-5-2-3-7-16(14)17(19)20/h2-5,7-12,18H,6H2,1H3,(H,19,20). The predicted octanol–water partition coefficient (Wildman–Crippen LogP) is 2.73. The Morgan fingerprint density at radius 1 is 1.13 bits per heavy atom. The van der Waals surface area contributed by atoms with Crippen LogP contribution in [0.15, 0.2) is 65.7 Å². The Kier molecular flexibility index (Phi) is 5.18. The fourth-order valence-electron chi connectivity index (χ4n) is 2.02. The summed E-state index contributed by atoms with van der Waals surface area (Å²) in [6.07, 6.45) is 3.21. The minimum Gasteiger partial charge on any atom is -0.478 e. The van der Waals surface area contributed by atoms with Crippen molar-refractivity contribution in [3.63, 3.8) is 0 Å². The van der Waals surface area contributed by atoms with Gasteiger partial charge in [-0.3, -0.25) is 4.72 Å². The number of hydrogen-bond donors (Lipinski definition) is 2. The Balaban J connectivity index is 2.05. The molecule has 5 nitrogen and oxygen atoms in total. The molecular weight excluding hydrogens is 314 g/mol. The minimum absolute atomic E-state index is 0.179. The van der Waals surface area contributed by atoms with Gasteiger partial charge in [0.05, 0.1) is 10.5 Å². The smallest absolute Gasteiger partial charge is 0.335 e. The van der Waals surface area contributed by atoms with Gasteiger partial charge in [0.25, 0.3) is 10.0 Å². The molecule has 0 spiro atoms. The molecule has 0 aliphatic rings. The van der Waals surface area contributed by atoms with Crippen molar-refractivity contribution in [2.24, 2.45) is 0 Å². The van der Waals surface area contributed by atoms with E-state index in [0.717, 1.165) is 5.56 Å². The average molecular weight is 331 g/mol. The molecule has 2 aromatic rings. The molecule has 120 valence electrons. The number of carboxylic acid groups (broad SMARTS) is 1. The SMILES string of the molecule is Cc1ccc(S(=O)(=O)NC=CCc2ccccc2C(=O)O)cc1. The number of carboxylic acids is 1. The van der Waals surface area contributed by atoms with E-state index in [4.69, 9.17) is 5.11 Å². The van der Waals surface area contributed by atoms with Gasteiger partial charge in [0, 0.05) is 6.20 Å². The van der Waals surface area contributed by atoms with Crippen LogP contribution in [0, 0.1) is 6.92 Å². The van der Waals surface area contributed by atoms with Crippen LogP contribution in [0.4, 0.5) is 0 Å². The Morgan fingerprint density at radius 2 is 1.78 bits per heavy atom. The number of rotatable bonds is 6. The van der Waals surface area contributed by atoms with Gasteiger partial charge in [-0.25, -0.2) is 13.2 Å². The monoisotopic (exact) mass is 331 g/mol. The third kappa shape index (κ3) is 4.43. The molecule has 0 unspecified atom stereocenters. The van der Waals surface area contributed by atoms with E-state index < -0.39 is 16.0 Å². The highest BCUT2D eigenvalue weighted by Crippen LogP contribution is 2.11. The van der Waals surface area contributed by atoms with E-state index in [0.29, 0.717) is 12.0 Å². The summed E-state index contributed by atoms with van der Waals surface area (Å²) in [5, 5.41) is 9.09. The van der Waals surface area contributed by atoms with Crippen molar-refractivity contribution in [3.8, 4) is 0 Å². The molecule has 0 bridgehead atoms. The third-order valence-electron chi connectivity index (χ3n) is 3.26. The summed E-state index contributed by atoms with van der Waals surface area (Å²) in [6, 6.07) is 13.1. The molecule has 0 aliphatic carbocycles. The third-order valence-corrected chi connectivity index (χ3v) is 4.60. The molecule has 23 heavy (non-hydrogen) atoms. The highest BCUT2D eigenvalue weighted by molar-refractivity contribution is 7.89. The van der Waals surface area contributed by atoms with Crippen molar-refractivity contribution in [1.29, 1.82) is 0 Å². The molecule has 0 aliphatic heterocycles. The lowest BCUT2D eigenvalue weighted by Gasteiger charge is -2.05. The minimum atomic E-state index is -3.61. The van der Waals surface area contributed by atoms with E-state index in [9.17, 15) is 13.2 Å². The molecule has 0 amide bonds. The van der Waals surface area contributed by atoms with Gasteiger partial charge >= 0.3 is 5.97 Å². The van der Waals surface area contributed by atoms with Crippen LogP contribution in [0.3, 0.4) is 0 Å². The van der Waals surface area contributed by atoms with Crippen molar-refractivity contribution in [3.05, 3.63) is 77.5 Å². The van der Waals surface area contributed by atoms with Gasteiger partial charge in [0.1, 0.15) is 0 Å². The first-order valence-electron chi connectivity index (χ1n) is 6.95. The van der Waals surface area contributed by atoms with Crippen molar-refractivity contribution in [2.75, 3.05) is 0 Å². The fourth-order valence-corrected chi connectivity index (χ4v) is 2.92. The largest absolute Gasteiger partial charge is 0.478 e. The van der Waals surface area contributed by atoms with Crippen LogP contribution in [0.5, 0.6) is 0 Å². The first-order valence-corrected chi connectivity index (χ1v) is 8.44. The Bertz CT molecular complexity index is 824. The van der Waals surface area contributed by atoms with Crippen LogP contribution in [-0.4, -0.2) is 19.5 Å². The summed E-state index contributed by atoms with van der Waals surface area (Å²) in [6.45, 7) is 1.88. The lowest BCUT2D eigenvalue weighted by Crippen LogP contribution is -2.17. The predicted molar refractivity (Wildman–Crippen MR) is 87.7 cm³/mol. The van der Waals surface area contributed by atoms with E-state index in [1.807, 2.05) is 6.92 Å². The summed E-state index contributed by atoms with van der Waals surface area (Å²) >= 11 is 0. The Hall–Kier alpha value is -2.60. The number of carbonyl (C=O) groups is 1. The molecule has 0 atom stereocenters. The zero-order valence-corrected chi connectivity index (χ0v) is 13.4. The van der Waals surface area contributed by atoms with E-state index in [1.54, 1.807) is 36.4 Å². The number of sulfonamides is 1. The summed E-state index contributed by atoms with van der Waals surface area (Å²) < 4.78 is 26.5. The topological polar surface area (TPSA) is 83.5 Å². The van der Waals surface area contributed by atoms with Gasteiger partial charge in [-0.2, -0.15) is 0 Å². The van der Waals surface area contributed by atoms with Crippen LogP contribution in [-0.2, 0) is 16.4 Å². The summed E-state index contributed by atoms with van der Waals surface area (Å²) in [7, 11) is -3.61. The van der Waals surface area contributed by atoms with Crippen LogP contribution >= 0.6 is 0 Å². The van der Waals surface area contributed by atoms with Gasteiger partial charge in [0.15, 0.2) is 0 Å². The van der Waals surface area contributed by atoms with E-state index in [2.05, 4.69) is 4.72 Å². The molecule has 2 N–H and O–H groups in total. The molecule has 2 rings (SSSR count). The van der Waals surface area contributed by atoms with E-state index >= 15 is 0 Å². The van der Waals surface area contributed by atoms with Crippen molar-refractivity contribution >= 4 is 16.0 Å². The van der Waals surface area contributed by atoms with Crippen molar-refractivity contribution in [2.45, 2.75) is 18.2 Å². The molecule has 0 heterocycles. The molecule has 0 saturated carbocycles. The number of hydrogen-bond acceptors (Lipinski definition) is 3. The molecule has 6 heteroatoms. The quantitative estimate of drug-likeness (QED) is 0.852. The number of benzene rings is 2. The zero-order valence-electron chi connectivity index (χ0n) is 12.6. The lowest BCUT2D eigenvalue weighted by atomic mass is 10.1. The Morgan fingerprint density at radius 3 is 2.43 bits per heavy atom. The lowest BCUT2D eigenvalue weighted by molar-refractivity contribution is 0.0696. The second-order valence-corrected chi connectivity index (χ2v) is 6.72. The maximum Gasteiger partial charge on any atom is 0.335 e. The molecule has 0 radical (unpaired) electrons. The molecule has 0 fully saturated rings. The molecular formula is C17H17NO4S. The fraction of sp³-hybridized carbons (Fsp3) is 0.118. The summed E-state index contributed by atoms with van der Waals surface area (Å²) in [5.41, 5.74) is 1.80. The van der Waals surface area contributed by atoms with E-state index in [1.165, 1.54) is 24.4 Å².